The summed E-state index contributed by atoms with van der Waals surface area (Å²) in [5.74, 6) is 0. The Kier molecular flexibility index (Phi) is 5.70. The van der Waals surface area contributed by atoms with Crippen molar-refractivity contribution >= 4 is 12.4 Å². The molecule has 1 aromatic rings. The zero-order valence-electron chi connectivity index (χ0n) is 11.9. The van der Waals surface area contributed by atoms with E-state index in [4.69, 9.17) is 0 Å². The maximum Gasteiger partial charge on any atom is 0.0201 e. The molecule has 2 heteroatoms. The molecule has 17 heavy (non-hydrogen) atoms. The summed E-state index contributed by atoms with van der Waals surface area (Å²) >= 11 is 0. The maximum absolute atomic E-state index is 2.35. The van der Waals surface area contributed by atoms with E-state index in [1.807, 2.05) is 0 Å². The van der Waals surface area contributed by atoms with Crippen molar-refractivity contribution in [3.63, 3.8) is 0 Å². The molecular formula is C15H26ClN. The Bertz CT molecular complexity index is 328. The minimum absolute atomic E-state index is 0. The Morgan fingerprint density at radius 3 is 1.82 bits per heavy atom. The molecule has 1 aromatic carbocycles. The van der Waals surface area contributed by atoms with Crippen LogP contribution >= 0.6 is 12.4 Å². The van der Waals surface area contributed by atoms with Gasteiger partial charge in [0.1, 0.15) is 0 Å². The zero-order chi connectivity index (χ0) is 12.4. The first-order valence-corrected chi connectivity index (χ1v) is 5.99. The monoisotopic (exact) mass is 255 g/mol. The molecule has 0 fully saturated rings. The average Bonchev–Trinajstić information content (AvgIpc) is 2.18. The van der Waals surface area contributed by atoms with Crippen LogP contribution in [0.2, 0.25) is 0 Å². The van der Waals surface area contributed by atoms with Crippen LogP contribution < -0.4 is 0 Å². The highest BCUT2D eigenvalue weighted by Gasteiger charge is 2.38. The standard InChI is InChI=1S/C15H25N.ClH/c1-14(2,15(3,4)16(5)6)12-13-10-8-7-9-11-13;/h7-11H,12H2,1-6H3;1H. The summed E-state index contributed by atoms with van der Waals surface area (Å²) in [6.07, 6.45) is 1.11. The summed E-state index contributed by atoms with van der Waals surface area (Å²) in [6.45, 7) is 9.33. The first kappa shape index (κ1) is 16.5. The fourth-order valence-corrected chi connectivity index (χ4v) is 1.93. The Morgan fingerprint density at radius 2 is 1.41 bits per heavy atom. The third kappa shape index (κ3) is 3.72. The quantitative estimate of drug-likeness (QED) is 0.786. The fourth-order valence-electron chi connectivity index (χ4n) is 1.93. The van der Waals surface area contributed by atoms with Crippen LogP contribution in [0, 0.1) is 5.41 Å². The minimum Gasteiger partial charge on any atom is -0.304 e. The molecule has 0 aliphatic rings. The SMILES string of the molecule is CN(C)C(C)(C)C(C)(C)Cc1ccccc1.Cl. The molecule has 0 N–H and O–H groups in total. The molecule has 0 aromatic heterocycles. The van der Waals surface area contributed by atoms with E-state index < -0.39 is 0 Å². The predicted octanol–water partition coefficient (Wildman–Crippen LogP) is 4.02. The van der Waals surface area contributed by atoms with E-state index in [0.717, 1.165) is 6.42 Å². The second kappa shape index (κ2) is 5.88. The fraction of sp³-hybridized carbons (Fsp3) is 0.600. The van der Waals surface area contributed by atoms with E-state index in [1.54, 1.807) is 0 Å². The summed E-state index contributed by atoms with van der Waals surface area (Å²) in [5, 5.41) is 0. The van der Waals surface area contributed by atoms with Crippen molar-refractivity contribution < 1.29 is 0 Å². The van der Waals surface area contributed by atoms with Gasteiger partial charge in [-0.3, -0.25) is 0 Å². The lowest BCUT2D eigenvalue weighted by Crippen LogP contribution is -2.51. The van der Waals surface area contributed by atoms with E-state index in [-0.39, 0.29) is 23.4 Å². The van der Waals surface area contributed by atoms with Crippen LogP contribution in [0.3, 0.4) is 0 Å². The van der Waals surface area contributed by atoms with E-state index in [1.165, 1.54) is 5.56 Å². The molecule has 0 saturated heterocycles. The average molecular weight is 256 g/mol. The largest absolute Gasteiger partial charge is 0.304 e. The Balaban J connectivity index is 0.00000256. The summed E-state index contributed by atoms with van der Waals surface area (Å²) < 4.78 is 0. The van der Waals surface area contributed by atoms with Crippen molar-refractivity contribution in [1.29, 1.82) is 0 Å². The van der Waals surface area contributed by atoms with E-state index >= 15 is 0 Å². The number of hydrogen-bond acceptors (Lipinski definition) is 1. The maximum atomic E-state index is 2.35. The van der Waals surface area contributed by atoms with Crippen LogP contribution in [0.25, 0.3) is 0 Å². The highest BCUT2D eigenvalue weighted by atomic mass is 35.5. The molecule has 0 saturated carbocycles. The van der Waals surface area contributed by atoms with Crippen LogP contribution in [0.4, 0.5) is 0 Å². The third-order valence-electron chi connectivity index (χ3n) is 4.26. The molecular weight excluding hydrogens is 230 g/mol. The molecule has 98 valence electrons. The van der Waals surface area contributed by atoms with Gasteiger partial charge in [0.2, 0.25) is 0 Å². The van der Waals surface area contributed by atoms with Crippen molar-refractivity contribution in [3.05, 3.63) is 35.9 Å². The van der Waals surface area contributed by atoms with Crippen molar-refractivity contribution in [3.8, 4) is 0 Å². The van der Waals surface area contributed by atoms with Crippen LogP contribution in [-0.4, -0.2) is 24.5 Å². The molecule has 0 bridgehead atoms. The Morgan fingerprint density at radius 1 is 0.941 bits per heavy atom. The van der Waals surface area contributed by atoms with Gasteiger partial charge < -0.3 is 4.90 Å². The number of nitrogens with zero attached hydrogens (tertiary/aromatic N) is 1. The van der Waals surface area contributed by atoms with Gasteiger partial charge in [-0.15, -0.1) is 12.4 Å². The van der Waals surface area contributed by atoms with Gasteiger partial charge in [-0.1, -0.05) is 44.2 Å². The molecule has 1 rings (SSSR count). The molecule has 0 spiro atoms. The molecule has 0 amide bonds. The van der Waals surface area contributed by atoms with Crippen LogP contribution in [-0.2, 0) is 6.42 Å². The van der Waals surface area contributed by atoms with Crippen LogP contribution in [0.1, 0.15) is 33.3 Å². The molecule has 0 atom stereocenters. The summed E-state index contributed by atoms with van der Waals surface area (Å²) in [5.41, 5.74) is 1.85. The normalized spacial score (nSPS) is 12.4. The van der Waals surface area contributed by atoms with Gasteiger partial charge in [-0.2, -0.15) is 0 Å². The second-order valence-electron chi connectivity index (χ2n) is 6.00. The summed E-state index contributed by atoms with van der Waals surface area (Å²) in [6, 6.07) is 10.7. The smallest absolute Gasteiger partial charge is 0.0201 e. The third-order valence-corrected chi connectivity index (χ3v) is 4.26. The molecule has 0 aliphatic heterocycles. The second-order valence-corrected chi connectivity index (χ2v) is 6.00. The summed E-state index contributed by atoms with van der Waals surface area (Å²) in [7, 11) is 4.32. The van der Waals surface area contributed by atoms with Crippen molar-refractivity contribution in [2.75, 3.05) is 14.1 Å². The Labute approximate surface area is 113 Å². The molecule has 0 aliphatic carbocycles. The van der Waals surface area contributed by atoms with Gasteiger partial charge in [-0.25, -0.2) is 0 Å². The van der Waals surface area contributed by atoms with Crippen LogP contribution in [0.5, 0.6) is 0 Å². The zero-order valence-corrected chi connectivity index (χ0v) is 12.8. The predicted molar refractivity (Wildman–Crippen MR) is 78.9 cm³/mol. The number of benzene rings is 1. The van der Waals surface area contributed by atoms with Crippen molar-refractivity contribution in [2.45, 2.75) is 39.7 Å². The lowest BCUT2D eigenvalue weighted by Gasteiger charge is -2.46. The number of halogens is 1. The van der Waals surface area contributed by atoms with Gasteiger partial charge in [0.15, 0.2) is 0 Å². The van der Waals surface area contributed by atoms with E-state index in [0.29, 0.717) is 0 Å². The minimum atomic E-state index is 0. The van der Waals surface area contributed by atoms with Crippen LogP contribution in [0.15, 0.2) is 30.3 Å². The van der Waals surface area contributed by atoms with Gasteiger partial charge in [0.25, 0.3) is 0 Å². The first-order valence-electron chi connectivity index (χ1n) is 5.99. The highest BCUT2D eigenvalue weighted by Crippen LogP contribution is 2.37. The lowest BCUT2D eigenvalue weighted by molar-refractivity contribution is 0.0508. The van der Waals surface area contributed by atoms with Gasteiger partial charge in [-0.05, 0) is 45.3 Å². The number of rotatable bonds is 4. The van der Waals surface area contributed by atoms with Gasteiger partial charge in [0, 0.05) is 5.54 Å². The molecule has 1 nitrogen and oxygen atoms in total. The van der Waals surface area contributed by atoms with Crippen molar-refractivity contribution in [2.24, 2.45) is 5.41 Å². The lowest BCUT2D eigenvalue weighted by atomic mass is 9.70. The first-order chi connectivity index (χ1) is 7.27. The van der Waals surface area contributed by atoms with Crippen molar-refractivity contribution in [1.82, 2.24) is 4.90 Å². The van der Waals surface area contributed by atoms with Gasteiger partial charge >= 0.3 is 0 Å². The number of hydrogen-bond donors (Lipinski definition) is 0. The van der Waals surface area contributed by atoms with E-state index in [2.05, 4.69) is 77.0 Å². The molecule has 0 heterocycles. The summed E-state index contributed by atoms with van der Waals surface area (Å²) in [4.78, 5) is 2.32. The molecule has 0 radical (unpaired) electrons. The van der Waals surface area contributed by atoms with E-state index in [9.17, 15) is 0 Å². The molecule has 0 unspecified atom stereocenters. The van der Waals surface area contributed by atoms with Gasteiger partial charge in [0.05, 0.1) is 0 Å². The topological polar surface area (TPSA) is 3.24 Å². The highest BCUT2D eigenvalue weighted by molar-refractivity contribution is 5.85. The Hall–Kier alpha value is -0.530.